The maximum atomic E-state index is 14.7. The minimum Gasteiger partial charge on any atom is -0.480 e. The third-order valence-electron chi connectivity index (χ3n) is 18.9. The first-order chi connectivity index (χ1) is 47.2. The van der Waals surface area contributed by atoms with Gasteiger partial charge in [-0.1, -0.05) is 151 Å². The van der Waals surface area contributed by atoms with E-state index in [1.807, 2.05) is 90.1 Å². The van der Waals surface area contributed by atoms with E-state index in [1.165, 1.54) is 87.4 Å². The Morgan fingerprint density at radius 1 is 0.490 bits per heavy atom. The number of likely N-dealkylation sites (N-methyl/N-ethyl adjacent to an activating group) is 5. The number of carboxylic acid groups (broad SMARTS) is 1. The molecule has 1 heterocycles. The second-order valence-electron chi connectivity index (χ2n) is 27.8. The fourth-order valence-corrected chi connectivity index (χ4v) is 12.6. The van der Waals surface area contributed by atoms with Gasteiger partial charge in [0.25, 0.3) is 0 Å². The van der Waals surface area contributed by atoms with Gasteiger partial charge in [0, 0.05) is 60.5 Å². The monoisotopic (exact) mass is 1380 g/mol. The van der Waals surface area contributed by atoms with Crippen LogP contribution in [0.2, 0.25) is 0 Å². The summed E-state index contributed by atoms with van der Waals surface area (Å²) in [6.07, 6.45) is 0.503. The van der Waals surface area contributed by atoms with Crippen LogP contribution in [0.15, 0.2) is 109 Å². The number of nitrogens with zero attached hydrogens (tertiary/aromatic N) is 6. The number of benzene rings is 4. The number of fused-ring (bicyclic) bond motifs is 3. The van der Waals surface area contributed by atoms with Gasteiger partial charge >= 0.3 is 12.1 Å². The van der Waals surface area contributed by atoms with Crippen molar-refractivity contribution in [2.24, 2.45) is 17.8 Å². The summed E-state index contributed by atoms with van der Waals surface area (Å²) in [5.74, 6) is -8.35. The Labute approximate surface area is 587 Å². The summed E-state index contributed by atoms with van der Waals surface area (Å²) in [6, 6.07) is 22.1. The number of rotatable bonds is 33. The molecule has 0 bridgehead atoms. The summed E-state index contributed by atoms with van der Waals surface area (Å²) in [4.78, 5) is 175. The highest BCUT2D eigenvalue weighted by atomic mass is 16.6. The molecule has 25 heteroatoms. The van der Waals surface area contributed by atoms with Gasteiger partial charge in [-0.2, -0.15) is 0 Å². The first-order valence-corrected chi connectivity index (χ1v) is 34.5. The summed E-state index contributed by atoms with van der Waals surface area (Å²) >= 11 is 0. The fourth-order valence-electron chi connectivity index (χ4n) is 12.6. The molecule has 1 aliphatic heterocycles. The molecule has 100 heavy (non-hydrogen) atoms. The van der Waals surface area contributed by atoms with Gasteiger partial charge in [0.05, 0.1) is 6.54 Å². The lowest BCUT2D eigenvalue weighted by molar-refractivity contribution is -0.149. The summed E-state index contributed by atoms with van der Waals surface area (Å²) in [5.41, 5.74) is 5.56. The molecule has 0 saturated carbocycles. The van der Waals surface area contributed by atoms with Crippen molar-refractivity contribution >= 4 is 71.1 Å². The van der Waals surface area contributed by atoms with Gasteiger partial charge in [0.15, 0.2) is 0 Å². The topological polar surface area (TPSA) is 314 Å². The molecule has 4 aromatic rings. The van der Waals surface area contributed by atoms with Gasteiger partial charge in [-0.25, -0.2) is 4.79 Å². The van der Waals surface area contributed by atoms with Crippen molar-refractivity contribution in [1.82, 2.24) is 56.0 Å². The van der Waals surface area contributed by atoms with Crippen LogP contribution in [0.1, 0.15) is 130 Å². The second kappa shape index (κ2) is 36.4. The lowest BCUT2D eigenvalue weighted by Gasteiger charge is -2.36. The second-order valence-corrected chi connectivity index (χ2v) is 27.8. The molecule has 4 aromatic carbocycles. The van der Waals surface area contributed by atoms with Gasteiger partial charge in [-0.3, -0.25) is 57.6 Å². The van der Waals surface area contributed by atoms with Crippen molar-refractivity contribution in [3.63, 3.8) is 0 Å². The highest BCUT2D eigenvalue weighted by Gasteiger charge is 2.43. The third-order valence-corrected chi connectivity index (χ3v) is 18.9. The molecular weight excluding hydrogens is 1280 g/mol. The Balaban J connectivity index is 1.09. The zero-order valence-electron chi connectivity index (χ0n) is 60.5. The standard InChI is InChI=1S/C75H103N11O14/c1-44(2)37-58(80-66(89)50(10)82(12)75(99)100-43-57-55-33-24-22-31-53(55)54-32-23-25-34-56(54)57)71(94)84(14)61(39-46(5)6)69(92)77-47(7)70(93)83(13)62(40-51-27-18-16-19-28-51)67(90)76-42-64(87)81(11)49(9)65(88)79-59(38-45(3)4)72(95)85(15)63(41-52-29-20-17-21-30-52)73(96)86-36-26-35-60(86)68(91)78-48(8)74(97)98/h16-25,27-34,44-50,57-63H,26,35-43H2,1-15H3,(H,76,90)(H,77,92)(H,78,91)(H,79,88)(H,80,89)(H,97,98)/t47-,48-,49-,50-,58-,59-,60-,61-,62-,63-/m0/s1. The number of hydrogen-bond donors (Lipinski definition) is 6. The van der Waals surface area contributed by atoms with Crippen LogP contribution in [0.5, 0.6) is 0 Å². The number of likely N-dealkylation sites (tertiary alicyclic amines) is 1. The smallest absolute Gasteiger partial charge is 0.410 e. The molecule has 1 saturated heterocycles. The first kappa shape index (κ1) is 79.3. The lowest BCUT2D eigenvalue weighted by atomic mass is 9.98. The van der Waals surface area contributed by atoms with Gasteiger partial charge in [-0.05, 0) is 111 Å². The van der Waals surface area contributed by atoms with Crippen molar-refractivity contribution in [3.8, 4) is 11.1 Å². The predicted molar refractivity (Wildman–Crippen MR) is 377 cm³/mol. The molecule has 6 rings (SSSR count). The predicted octanol–water partition coefficient (Wildman–Crippen LogP) is 5.38. The Morgan fingerprint density at radius 2 is 0.940 bits per heavy atom. The average molecular weight is 1380 g/mol. The number of aliphatic carboxylic acids is 1. The molecular formula is C75H103N11O14. The number of carbonyl (C=O) groups is 12. The van der Waals surface area contributed by atoms with Crippen molar-refractivity contribution in [2.45, 2.75) is 181 Å². The summed E-state index contributed by atoms with van der Waals surface area (Å²) in [5, 5.41) is 23.0. The van der Waals surface area contributed by atoms with E-state index in [0.717, 1.165) is 27.2 Å². The van der Waals surface area contributed by atoms with Gasteiger partial charge in [-0.15, -0.1) is 0 Å². The Bertz CT molecular complexity index is 3510. The van der Waals surface area contributed by atoms with E-state index in [2.05, 4.69) is 26.6 Å². The van der Waals surface area contributed by atoms with Crippen LogP contribution < -0.4 is 26.6 Å². The molecule has 0 unspecified atom stereocenters. The highest BCUT2D eigenvalue weighted by molar-refractivity contribution is 5.99. The normalized spacial score (nSPS) is 16.0. The number of carboxylic acids is 1. The molecule has 0 radical (unpaired) electrons. The van der Waals surface area contributed by atoms with Crippen molar-refractivity contribution in [2.75, 3.05) is 54.9 Å². The van der Waals surface area contributed by atoms with Gasteiger partial charge in [0.1, 0.15) is 67.0 Å². The van der Waals surface area contributed by atoms with E-state index in [4.69, 9.17) is 4.74 Å². The van der Waals surface area contributed by atoms with E-state index >= 15 is 0 Å². The van der Waals surface area contributed by atoms with E-state index in [0.29, 0.717) is 17.5 Å². The minimum atomic E-state index is -1.26. The molecule has 6 N–H and O–H groups in total. The van der Waals surface area contributed by atoms with E-state index in [-0.39, 0.29) is 75.3 Å². The Morgan fingerprint density at radius 3 is 1.43 bits per heavy atom. The summed E-state index contributed by atoms with van der Waals surface area (Å²) in [6.45, 7) is 16.5. The molecule has 2 aliphatic rings. The average Bonchev–Trinajstić information content (AvgIpc) is 1.61. The fraction of sp³-hybridized carbons (Fsp3) is 0.520. The van der Waals surface area contributed by atoms with E-state index in [9.17, 15) is 62.6 Å². The first-order valence-electron chi connectivity index (χ1n) is 34.5. The highest BCUT2D eigenvalue weighted by Crippen LogP contribution is 2.44. The molecule has 25 nitrogen and oxygen atoms in total. The maximum Gasteiger partial charge on any atom is 0.410 e. The quantitative estimate of drug-likeness (QED) is 0.0349. The van der Waals surface area contributed by atoms with Crippen molar-refractivity contribution in [3.05, 3.63) is 131 Å². The van der Waals surface area contributed by atoms with Gasteiger partial charge in [0.2, 0.25) is 59.1 Å². The molecule has 10 atom stereocenters. The minimum absolute atomic E-state index is 0.0216. The lowest BCUT2D eigenvalue weighted by Crippen LogP contribution is -2.60. The van der Waals surface area contributed by atoms with Gasteiger partial charge < -0.3 is 60.9 Å². The van der Waals surface area contributed by atoms with Crippen LogP contribution in [-0.2, 0) is 70.3 Å². The molecule has 1 fully saturated rings. The number of carbonyl (C=O) groups excluding carboxylic acids is 11. The van der Waals surface area contributed by atoms with Crippen LogP contribution in [0.25, 0.3) is 11.1 Å². The van der Waals surface area contributed by atoms with E-state index in [1.54, 1.807) is 60.7 Å². The van der Waals surface area contributed by atoms with Crippen molar-refractivity contribution in [1.29, 1.82) is 0 Å². The molecule has 0 spiro atoms. The van der Waals surface area contributed by atoms with Crippen molar-refractivity contribution < 1.29 is 67.4 Å². The maximum absolute atomic E-state index is 14.7. The molecule has 0 aromatic heterocycles. The van der Waals surface area contributed by atoms with Crippen LogP contribution >= 0.6 is 0 Å². The largest absolute Gasteiger partial charge is 0.480 e. The molecule has 542 valence electrons. The van der Waals surface area contributed by atoms with Crippen LogP contribution in [-0.4, -0.2) is 221 Å². The molecule has 1 aliphatic carbocycles. The number of hydrogen-bond acceptors (Lipinski definition) is 13. The summed E-state index contributed by atoms with van der Waals surface area (Å²) < 4.78 is 5.83. The van der Waals surface area contributed by atoms with Crippen LogP contribution in [0.3, 0.4) is 0 Å². The number of amides is 11. The number of nitrogens with one attached hydrogen (secondary N) is 5. The third kappa shape index (κ3) is 20.7. The zero-order chi connectivity index (χ0) is 74.0. The zero-order valence-corrected chi connectivity index (χ0v) is 60.5. The number of ether oxygens (including phenoxy) is 1. The molecule has 11 amide bonds. The van der Waals surface area contributed by atoms with E-state index < -0.39 is 138 Å². The van der Waals surface area contributed by atoms with Crippen LogP contribution in [0, 0.1) is 17.8 Å². The summed E-state index contributed by atoms with van der Waals surface area (Å²) in [7, 11) is 7.10. The SMILES string of the molecule is CC(C)C[C@H](NC(=O)[C@H](C)N(C)C(=O)OCC1c2ccccc2-c2ccccc21)C(=O)N(C)[C@@H](CC(C)C)C(=O)N[C@@H](C)C(=O)N(C)[C@@H](Cc1ccccc1)C(=O)NCC(=O)N(C)[C@@H](C)C(=O)N[C@@H](CC(C)C)C(=O)N(C)[C@@H](Cc1ccccc1)C(=O)N1CCC[C@H]1C(=O)N[C@@H](C)C(=O)O. The Hall–Kier alpha value is -9.68. The Kier molecular flexibility index (Phi) is 28.9. The van der Waals surface area contributed by atoms with Crippen LogP contribution in [0.4, 0.5) is 4.79 Å².